The van der Waals surface area contributed by atoms with E-state index in [1.807, 2.05) is 25.7 Å². The molecule has 2 rings (SSSR count). The first-order valence-electron chi connectivity index (χ1n) is 10.2. The second kappa shape index (κ2) is 10.7. The SMILES string of the molecule is CCCNC(=O)c1ccccc1NC(=O)C1CCN(C(=O)N(CC)CC)CC1. The van der Waals surface area contributed by atoms with E-state index in [9.17, 15) is 14.4 Å². The second-order valence-electron chi connectivity index (χ2n) is 7.01. The van der Waals surface area contributed by atoms with Crippen molar-refractivity contribution in [2.24, 2.45) is 5.92 Å². The largest absolute Gasteiger partial charge is 0.352 e. The van der Waals surface area contributed by atoms with Crippen LogP contribution in [0.25, 0.3) is 0 Å². The van der Waals surface area contributed by atoms with Gasteiger partial charge in [-0.15, -0.1) is 0 Å². The van der Waals surface area contributed by atoms with Crippen LogP contribution in [0.4, 0.5) is 10.5 Å². The maximum atomic E-state index is 12.7. The number of hydrogen-bond acceptors (Lipinski definition) is 3. The topological polar surface area (TPSA) is 81.8 Å². The van der Waals surface area contributed by atoms with Gasteiger partial charge in [-0.1, -0.05) is 19.1 Å². The number of rotatable bonds is 7. The first kappa shape index (κ1) is 21.7. The Bertz CT molecular complexity index is 680. The molecule has 0 aromatic heterocycles. The van der Waals surface area contributed by atoms with Gasteiger partial charge in [-0.25, -0.2) is 4.79 Å². The highest BCUT2D eigenvalue weighted by molar-refractivity contribution is 6.04. The van der Waals surface area contributed by atoms with Gasteiger partial charge in [0.05, 0.1) is 11.3 Å². The van der Waals surface area contributed by atoms with Gasteiger partial charge < -0.3 is 20.4 Å². The Kier molecular flexibility index (Phi) is 8.29. The monoisotopic (exact) mass is 388 g/mol. The number of carbonyl (C=O) groups is 3. The summed E-state index contributed by atoms with van der Waals surface area (Å²) in [5.41, 5.74) is 1.00. The Labute approximate surface area is 167 Å². The van der Waals surface area contributed by atoms with Crippen LogP contribution in [0.15, 0.2) is 24.3 Å². The molecular weight excluding hydrogens is 356 g/mol. The van der Waals surface area contributed by atoms with Crippen molar-refractivity contribution in [3.63, 3.8) is 0 Å². The fourth-order valence-corrected chi connectivity index (χ4v) is 3.39. The van der Waals surface area contributed by atoms with Crippen LogP contribution in [-0.2, 0) is 4.79 Å². The number of nitrogens with one attached hydrogen (secondary N) is 2. The molecule has 0 unspecified atom stereocenters. The van der Waals surface area contributed by atoms with Gasteiger partial charge in [0.15, 0.2) is 0 Å². The van der Waals surface area contributed by atoms with E-state index in [4.69, 9.17) is 0 Å². The summed E-state index contributed by atoms with van der Waals surface area (Å²) in [5.74, 6) is -0.435. The fraction of sp³-hybridized carbons (Fsp3) is 0.571. The lowest BCUT2D eigenvalue weighted by molar-refractivity contribution is -0.121. The van der Waals surface area contributed by atoms with Crippen LogP contribution < -0.4 is 10.6 Å². The maximum Gasteiger partial charge on any atom is 0.319 e. The Hall–Kier alpha value is -2.57. The van der Waals surface area contributed by atoms with Gasteiger partial charge in [-0.2, -0.15) is 0 Å². The third-order valence-electron chi connectivity index (χ3n) is 5.14. The minimum atomic E-state index is -0.183. The number of anilines is 1. The van der Waals surface area contributed by atoms with Crippen LogP contribution in [0.2, 0.25) is 0 Å². The Balaban J connectivity index is 1.95. The van der Waals surface area contributed by atoms with E-state index >= 15 is 0 Å². The van der Waals surface area contributed by atoms with E-state index in [2.05, 4.69) is 10.6 Å². The molecule has 1 fully saturated rings. The average Bonchev–Trinajstić information content (AvgIpc) is 2.73. The van der Waals surface area contributed by atoms with Crippen molar-refractivity contribution in [3.8, 4) is 0 Å². The average molecular weight is 389 g/mol. The molecule has 1 heterocycles. The zero-order valence-electron chi connectivity index (χ0n) is 17.2. The van der Waals surface area contributed by atoms with Gasteiger partial charge in [-0.05, 0) is 45.2 Å². The van der Waals surface area contributed by atoms with Crippen LogP contribution in [0.3, 0.4) is 0 Å². The molecule has 154 valence electrons. The van der Waals surface area contributed by atoms with E-state index in [-0.39, 0.29) is 23.8 Å². The van der Waals surface area contributed by atoms with Gasteiger partial charge in [-0.3, -0.25) is 9.59 Å². The van der Waals surface area contributed by atoms with Crippen LogP contribution >= 0.6 is 0 Å². The smallest absolute Gasteiger partial charge is 0.319 e. The summed E-state index contributed by atoms with van der Waals surface area (Å²) >= 11 is 0. The van der Waals surface area contributed by atoms with E-state index in [0.29, 0.717) is 56.8 Å². The molecule has 4 amide bonds. The molecule has 7 heteroatoms. The van der Waals surface area contributed by atoms with E-state index < -0.39 is 0 Å². The highest BCUT2D eigenvalue weighted by atomic mass is 16.2. The van der Waals surface area contributed by atoms with Crippen molar-refractivity contribution in [3.05, 3.63) is 29.8 Å². The summed E-state index contributed by atoms with van der Waals surface area (Å²) in [6.07, 6.45) is 2.11. The summed E-state index contributed by atoms with van der Waals surface area (Å²) in [5, 5.41) is 5.76. The van der Waals surface area contributed by atoms with Crippen molar-refractivity contribution in [2.75, 3.05) is 38.0 Å². The van der Waals surface area contributed by atoms with Crippen LogP contribution in [0.5, 0.6) is 0 Å². The molecule has 2 N–H and O–H groups in total. The predicted molar refractivity (Wildman–Crippen MR) is 110 cm³/mol. The van der Waals surface area contributed by atoms with Crippen LogP contribution in [-0.4, -0.2) is 60.4 Å². The lowest BCUT2D eigenvalue weighted by Gasteiger charge is -2.34. The molecule has 0 atom stereocenters. The third-order valence-corrected chi connectivity index (χ3v) is 5.14. The van der Waals surface area contributed by atoms with E-state index in [0.717, 1.165) is 6.42 Å². The van der Waals surface area contributed by atoms with Gasteiger partial charge in [0.25, 0.3) is 5.91 Å². The fourth-order valence-electron chi connectivity index (χ4n) is 3.39. The molecule has 0 spiro atoms. The van der Waals surface area contributed by atoms with Gasteiger partial charge in [0.1, 0.15) is 0 Å². The lowest BCUT2D eigenvalue weighted by atomic mass is 9.95. The first-order chi connectivity index (χ1) is 13.5. The predicted octanol–water partition coefficient (Wildman–Crippen LogP) is 2.94. The quantitative estimate of drug-likeness (QED) is 0.753. The Morgan fingerprint density at radius 2 is 1.71 bits per heavy atom. The number of carbonyl (C=O) groups excluding carboxylic acids is 3. The number of nitrogens with zero attached hydrogens (tertiary/aromatic N) is 2. The zero-order chi connectivity index (χ0) is 20.5. The zero-order valence-corrected chi connectivity index (χ0v) is 17.2. The van der Waals surface area contributed by atoms with Crippen molar-refractivity contribution in [1.82, 2.24) is 15.1 Å². The molecule has 7 nitrogen and oxygen atoms in total. The Morgan fingerprint density at radius 1 is 1.07 bits per heavy atom. The van der Waals surface area contributed by atoms with Gasteiger partial charge >= 0.3 is 6.03 Å². The molecule has 0 aliphatic carbocycles. The summed E-state index contributed by atoms with van der Waals surface area (Å²) in [4.78, 5) is 41.1. The summed E-state index contributed by atoms with van der Waals surface area (Å²) in [6, 6.07) is 7.09. The molecule has 0 saturated carbocycles. The molecule has 1 saturated heterocycles. The maximum absolute atomic E-state index is 12.7. The normalized spacial score (nSPS) is 14.5. The van der Waals surface area contributed by atoms with Crippen molar-refractivity contribution in [1.29, 1.82) is 0 Å². The molecule has 0 radical (unpaired) electrons. The number of likely N-dealkylation sites (tertiary alicyclic amines) is 1. The van der Waals surface area contributed by atoms with Crippen LogP contribution in [0, 0.1) is 5.92 Å². The standard InChI is InChI=1S/C21H32N4O3/c1-4-13-22-20(27)17-9-7-8-10-18(17)23-19(26)16-11-14-25(15-12-16)21(28)24(5-2)6-3/h7-10,16H,4-6,11-15H2,1-3H3,(H,22,27)(H,23,26). The van der Waals surface area contributed by atoms with Crippen molar-refractivity contribution in [2.45, 2.75) is 40.0 Å². The van der Waals surface area contributed by atoms with Crippen molar-refractivity contribution >= 4 is 23.5 Å². The second-order valence-corrected chi connectivity index (χ2v) is 7.01. The lowest BCUT2D eigenvalue weighted by Crippen LogP contribution is -2.47. The number of amides is 4. The van der Waals surface area contributed by atoms with Crippen LogP contribution in [0.1, 0.15) is 50.4 Å². The summed E-state index contributed by atoms with van der Waals surface area (Å²) in [6.45, 7) is 9.05. The first-order valence-corrected chi connectivity index (χ1v) is 10.2. The minimum absolute atomic E-state index is 0.0433. The minimum Gasteiger partial charge on any atom is -0.352 e. The third kappa shape index (κ3) is 5.47. The molecule has 1 aliphatic rings. The Morgan fingerprint density at radius 3 is 2.32 bits per heavy atom. The molecular formula is C21H32N4O3. The molecule has 1 aromatic rings. The highest BCUT2D eigenvalue weighted by Gasteiger charge is 2.29. The number of urea groups is 1. The van der Waals surface area contributed by atoms with Gasteiger partial charge in [0, 0.05) is 38.6 Å². The van der Waals surface area contributed by atoms with E-state index in [1.165, 1.54) is 0 Å². The molecule has 1 aliphatic heterocycles. The number of para-hydroxylation sites is 1. The number of hydrogen-bond donors (Lipinski definition) is 2. The molecule has 28 heavy (non-hydrogen) atoms. The highest BCUT2D eigenvalue weighted by Crippen LogP contribution is 2.22. The number of benzene rings is 1. The molecule has 1 aromatic carbocycles. The molecule has 0 bridgehead atoms. The summed E-state index contributed by atoms with van der Waals surface area (Å²) in [7, 11) is 0. The van der Waals surface area contributed by atoms with Crippen molar-refractivity contribution < 1.29 is 14.4 Å². The van der Waals surface area contributed by atoms with Gasteiger partial charge in [0.2, 0.25) is 5.91 Å². The number of piperidine rings is 1. The summed E-state index contributed by atoms with van der Waals surface area (Å²) < 4.78 is 0. The van der Waals surface area contributed by atoms with E-state index in [1.54, 1.807) is 29.2 Å².